The minimum Gasteiger partial charge on any atom is -0.332 e. The molecule has 2 nitrogen and oxygen atoms in total. The molecule has 1 aliphatic heterocycles. The Kier molecular flexibility index (Phi) is 9.02. The van der Waals surface area contributed by atoms with Gasteiger partial charge in [-0.25, -0.2) is 0 Å². The van der Waals surface area contributed by atoms with E-state index in [-0.39, 0.29) is 12.0 Å². The van der Waals surface area contributed by atoms with Crippen LogP contribution in [0.4, 0.5) is 28.4 Å². The summed E-state index contributed by atoms with van der Waals surface area (Å²) in [7, 11) is 0. The van der Waals surface area contributed by atoms with Gasteiger partial charge in [0.25, 0.3) is 0 Å². The van der Waals surface area contributed by atoms with E-state index in [2.05, 4.69) is 265 Å². The average Bonchev–Trinajstić information content (AvgIpc) is 3.73. The predicted octanol–water partition coefficient (Wildman–Crippen LogP) is 17.6. The van der Waals surface area contributed by atoms with Crippen molar-refractivity contribution >= 4 is 66.8 Å². The molecule has 0 amide bonds. The molecule has 2 heteroatoms. The van der Waals surface area contributed by atoms with Gasteiger partial charge in [-0.2, -0.15) is 0 Å². The third-order valence-corrected chi connectivity index (χ3v) is 14.0. The van der Waals surface area contributed by atoms with E-state index in [1.54, 1.807) is 0 Å². The fourth-order valence-corrected chi connectivity index (χ4v) is 11.0. The van der Waals surface area contributed by atoms with Crippen molar-refractivity contribution in [3.63, 3.8) is 0 Å². The van der Waals surface area contributed by atoms with Crippen molar-refractivity contribution in [2.75, 3.05) is 9.80 Å². The van der Waals surface area contributed by atoms with Gasteiger partial charge in [-0.15, -0.1) is 0 Å². The first-order valence-corrected chi connectivity index (χ1v) is 23.0. The lowest BCUT2D eigenvalue weighted by atomic mass is 9.83. The summed E-state index contributed by atoms with van der Waals surface area (Å²) >= 11 is 0. The smallest absolute Gasteiger partial charge is 0.0701 e. The van der Waals surface area contributed by atoms with Gasteiger partial charge >= 0.3 is 0 Å². The largest absolute Gasteiger partial charge is 0.332 e. The normalized spacial score (nSPS) is 14.9. The van der Waals surface area contributed by atoms with Crippen molar-refractivity contribution in [1.82, 2.24) is 0 Å². The Morgan fingerprint density at radius 1 is 0.348 bits per heavy atom. The van der Waals surface area contributed by atoms with Crippen LogP contribution in [-0.4, -0.2) is 0 Å². The van der Waals surface area contributed by atoms with Gasteiger partial charge in [0.2, 0.25) is 0 Å². The fraction of sp³-hybridized carbons (Fsp3) is 0.0312. The Labute approximate surface area is 385 Å². The zero-order valence-electron chi connectivity index (χ0n) is 36.3. The van der Waals surface area contributed by atoms with Crippen molar-refractivity contribution in [1.29, 1.82) is 0 Å². The molecule has 2 atom stereocenters. The van der Waals surface area contributed by atoms with Crippen LogP contribution in [0.1, 0.15) is 28.7 Å². The summed E-state index contributed by atoms with van der Waals surface area (Å²) in [6.45, 7) is 0. The standard InChI is InChI=1S/C64H44N2/c1-2-18-47-41-49(32-31-43(47)15-1)54-39-40-63(58-26-8-7-25-57(54)58)65(51-21-13-20-48(42-51)53-28-14-19-44-16-3-5-22-52(44)53)50-36-33-46(34-37-50)55-23-9-11-29-61(55)66-62-30-12-10-27-59(62)60-38-35-45-17-4-6-24-56(45)64(60)66/h1-42,60,64H. The van der Waals surface area contributed by atoms with Gasteiger partial charge in [-0.3, -0.25) is 0 Å². The summed E-state index contributed by atoms with van der Waals surface area (Å²) in [6, 6.07) is 89.5. The molecule has 13 rings (SSSR count). The van der Waals surface area contributed by atoms with Gasteiger partial charge in [0, 0.05) is 39.6 Å². The molecule has 11 aromatic rings. The molecule has 0 saturated heterocycles. The van der Waals surface area contributed by atoms with E-state index in [9.17, 15) is 0 Å². The summed E-state index contributed by atoms with van der Waals surface area (Å²) in [6.07, 6.45) is 4.72. The summed E-state index contributed by atoms with van der Waals surface area (Å²) in [4.78, 5) is 5.04. The number of benzene rings is 11. The van der Waals surface area contributed by atoms with E-state index in [0.717, 1.165) is 17.1 Å². The Morgan fingerprint density at radius 2 is 0.970 bits per heavy atom. The molecule has 0 spiro atoms. The first-order chi connectivity index (χ1) is 32.7. The molecule has 0 bridgehead atoms. The number of hydrogen-bond acceptors (Lipinski definition) is 2. The second kappa shape index (κ2) is 15.7. The van der Waals surface area contributed by atoms with Crippen LogP contribution in [-0.2, 0) is 0 Å². The Balaban J connectivity index is 0.960. The van der Waals surface area contributed by atoms with Gasteiger partial charge in [0.15, 0.2) is 0 Å². The van der Waals surface area contributed by atoms with Crippen LogP contribution in [0.15, 0.2) is 249 Å². The zero-order valence-corrected chi connectivity index (χ0v) is 36.3. The minimum atomic E-state index is 0.166. The van der Waals surface area contributed by atoms with Crippen LogP contribution in [0.5, 0.6) is 0 Å². The van der Waals surface area contributed by atoms with Crippen molar-refractivity contribution in [2.24, 2.45) is 0 Å². The predicted molar refractivity (Wildman–Crippen MR) is 279 cm³/mol. The van der Waals surface area contributed by atoms with Crippen molar-refractivity contribution < 1.29 is 0 Å². The average molecular weight is 841 g/mol. The number of anilines is 5. The van der Waals surface area contributed by atoms with E-state index < -0.39 is 0 Å². The summed E-state index contributed by atoms with van der Waals surface area (Å²) in [5.41, 5.74) is 17.1. The van der Waals surface area contributed by atoms with E-state index in [0.29, 0.717) is 0 Å². The quantitative estimate of drug-likeness (QED) is 0.158. The van der Waals surface area contributed by atoms with Crippen LogP contribution in [0.25, 0.3) is 71.8 Å². The molecule has 0 saturated carbocycles. The molecule has 66 heavy (non-hydrogen) atoms. The van der Waals surface area contributed by atoms with Crippen molar-refractivity contribution in [3.8, 4) is 33.4 Å². The van der Waals surface area contributed by atoms with E-state index in [1.807, 2.05) is 0 Å². The molecule has 11 aromatic carbocycles. The number of rotatable bonds is 7. The lowest BCUT2D eigenvalue weighted by Gasteiger charge is -2.34. The highest BCUT2D eigenvalue weighted by Gasteiger charge is 2.41. The molecular formula is C64H44N2. The Hall–Kier alpha value is -8.46. The summed E-state index contributed by atoms with van der Waals surface area (Å²) < 4.78 is 0. The second-order valence-corrected chi connectivity index (χ2v) is 17.6. The first-order valence-electron chi connectivity index (χ1n) is 23.0. The van der Waals surface area contributed by atoms with Gasteiger partial charge in [0.05, 0.1) is 11.7 Å². The lowest BCUT2D eigenvalue weighted by molar-refractivity contribution is 0.667. The number of para-hydroxylation sites is 2. The molecular weight excluding hydrogens is 797 g/mol. The third-order valence-electron chi connectivity index (χ3n) is 14.0. The molecule has 0 fully saturated rings. The van der Waals surface area contributed by atoms with Crippen molar-refractivity contribution in [3.05, 3.63) is 265 Å². The highest BCUT2D eigenvalue weighted by atomic mass is 15.2. The molecule has 0 aromatic heterocycles. The zero-order chi connectivity index (χ0) is 43.6. The molecule has 1 heterocycles. The molecule has 0 N–H and O–H groups in total. The van der Waals surface area contributed by atoms with E-state index >= 15 is 0 Å². The first kappa shape index (κ1) is 38.0. The molecule has 2 aliphatic rings. The highest BCUT2D eigenvalue weighted by Crippen LogP contribution is 2.57. The monoisotopic (exact) mass is 840 g/mol. The van der Waals surface area contributed by atoms with Crippen molar-refractivity contribution in [2.45, 2.75) is 12.0 Å². The molecule has 2 unspecified atom stereocenters. The highest BCUT2D eigenvalue weighted by molar-refractivity contribution is 6.07. The summed E-state index contributed by atoms with van der Waals surface area (Å²) in [5.74, 6) is 0.271. The van der Waals surface area contributed by atoms with E-state index in [1.165, 1.54) is 93.8 Å². The maximum atomic E-state index is 2.60. The maximum Gasteiger partial charge on any atom is 0.0701 e. The second-order valence-electron chi connectivity index (χ2n) is 17.6. The van der Waals surface area contributed by atoms with Gasteiger partial charge in [0.1, 0.15) is 0 Å². The molecule has 1 aliphatic carbocycles. The SMILES string of the molecule is C1=CC2c3ccccc3N(c3ccccc3-c3ccc(N(c4cccc(-c5cccc6ccccc56)c4)c4ccc(-c5ccc6ccccc6c5)c5ccccc45)cc3)C2c2ccccc21. The topological polar surface area (TPSA) is 6.48 Å². The number of nitrogens with zero attached hydrogens (tertiary/aromatic N) is 2. The Bertz CT molecular complexity index is 3690. The van der Waals surface area contributed by atoms with Crippen LogP contribution in [0.2, 0.25) is 0 Å². The number of fused-ring (bicyclic) bond motifs is 8. The molecule has 0 radical (unpaired) electrons. The van der Waals surface area contributed by atoms with E-state index in [4.69, 9.17) is 0 Å². The van der Waals surface area contributed by atoms with Gasteiger partial charge in [-0.1, -0.05) is 206 Å². The van der Waals surface area contributed by atoms with Gasteiger partial charge < -0.3 is 9.80 Å². The number of hydrogen-bond donors (Lipinski definition) is 0. The Morgan fingerprint density at radius 3 is 1.85 bits per heavy atom. The van der Waals surface area contributed by atoms with Crippen LogP contribution in [0, 0.1) is 0 Å². The van der Waals surface area contributed by atoms with Crippen LogP contribution in [0.3, 0.4) is 0 Å². The third kappa shape index (κ3) is 6.25. The maximum absolute atomic E-state index is 2.60. The van der Waals surface area contributed by atoms with Crippen LogP contribution >= 0.6 is 0 Å². The molecule has 310 valence electrons. The summed E-state index contributed by atoms with van der Waals surface area (Å²) in [5, 5.41) is 7.38. The van der Waals surface area contributed by atoms with Crippen LogP contribution < -0.4 is 9.80 Å². The van der Waals surface area contributed by atoms with Gasteiger partial charge in [-0.05, 0) is 120 Å². The lowest BCUT2D eigenvalue weighted by Crippen LogP contribution is -2.24. The fourth-order valence-electron chi connectivity index (χ4n) is 11.0. The minimum absolute atomic E-state index is 0.166.